The largest absolute Gasteiger partial charge is 0.497 e. The molecule has 2 aromatic heterocycles. The molecule has 0 spiro atoms. The third-order valence-electron chi connectivity index (χ3n) is 3.86. The zero-order chi connectivity index (χ0) is 19.1. The molecule has 3 aromatic rings. The lowest BCUT2D eigenvalue weighted by Crippen LogP contribution is -2.30. The summed E-state index contributed by atoms with van der Waals surface area (Å²) in [5.74, 6) is 1.57. The van der Waals surface area contributed by atoms with Crippen molar-refractivity contribution in [1.82, 2.24) is 15.3 Å². The zero-order valence-electron chi connectivity index (χ0n) is 15.1. The molecule has 0 radical (unpaired) electrons. The van der Waals surface area contributed by atoms with Crippen molar-refractivity contribution in [3.05, 3.63) is 53.7 Å². The molecule has 8 heteroatoms. The second-order valence-electron chi connectivity index (χ2n) is 5.59. The number of thiocarbonyl (C=S) groups is 1. The fourth-order valence-electron chi connectivity index (χ4n) is 2.49. The van der Waals surface area contributed by atoms with Crippen molar-refractivity contribution in [3.8, 4) is 22.8 Å². The summed E-state index contributed by atoms with van der Waals surface area (Å²) in [5.41, 5.74) is 2.94. The van der Waals surface area contributed by atoms with E-state index in [0.29, 0.717) is 11.7 Å². The number of rotatable bonds is 7. The van der Waals surface area contributed by atoms with Crippen LogP contribution >= 0.6 is 23.6 Å². The quantitative estimate of drug-likeness (QED) is 0.586. The van der Waals surface area contributed by atoms with Crippen molar-refractivity contribution in [2.24, 2.45) is 0 Å². The minimum atomic E-state index is 0.537. The standard InChI is InChI=1S/C19H20N4O2S2/c1-24-15-6-5-13(17(10-15)25-2)7-9-21-18(26)23-19-22-16(12-27-19)14-4-3-8-20-11-14/h3-6,8,10-12H,7,9H2,1-2H3,(H2,21,22,23,26). The average Bonchev–Trinajstić information content (AvgIpc) is 3.17. The van der Waals surface area contributed by atoms with Gasteiger partial charge in [-0.2, -0.15) is 0 Å². The normalized spacial score (nSPS) is 10.3. The summed E-state index contributed by atoms with van der Waals surface area (Å²) in [6, 6.07) is 9.66. The molecule has 0 bridgehead atoms. The Kier molecular flexibility index (Phi) is 6.56. The Morgan fingerprint density at radius 1 is 1.22 bits per heavy atom. The Bertz CT molecular complexity index is 900. The molecule has 0 aliphatic heterocycles. The highest BCUT2D eigenvalue weighted by molar-refractivity contribution is 7.80. The highest BCUT2D eigenvalue weighted by Crippen LogP contribution is 2.25. The van der Waals surface area contributed by atoms with Crippen molar-refractivity contribution in [3.63, 3.8) is 0 Å². The third kappa shape index (κ3) is 5.15. The number of nitrogens with one attached hydrogen (secondary N) is 2. The number of aromatic nitrogens is 2. The molecule has 0 aliphatic carbocycles. The molecule has 0 fully saturated rings. The number of methoxy groups -OCH3 is 2. The molecule has 27 heavy (non-hydrogen) atoms. The molecule has 0 aliphatic rings. The Morgan fingerprint density at radius 2 is 2.11 bits per heavy atom. The maximum Gasteiger partial charge on any atom is 0.189 e. The average molecular weight is 401 g/mol. The van der Waals surface area contributed by atoms with Crippen LogP contribution in [0.15, 0.2) is 48.1 Å². The van der Waals surface area contributed by atoms with Gasteiger partial charge in [-0.05, 0) is 42.4 Å². The minimum absolute atomic E-state index is 0.537. The molecule has 0 amide bonds. The highest BCUT2D eigenvalue weighted by atomic mass is 32.1. The van der Waals surface area contributed by atoms with Crippen LogP contribution in [0.1, 0.15) is 5.56 Å². The first-order chi connectivity index (χ1) is 13.2. The van der Waals surface area contributed by atoms with Gasteiger partial charge >= 0.3 is 0 Å². The van der Waals surface area contributed by atoms with Gasteiger partial charge in [-0.15, -0.1) is 11.3 Å². The molecule has 0 saturated carbocycles. The van der Waals surface area contributed by atoms with E-state index in [-0.39, 0.29) is 0 Å². The lowest BCUT2D eigenvalue weighted by Gasteiger charge is -2.12. The Hall–Kier alpha value is -2.71. The first-order valence-electron chi connectivity index (χ1n) is 8.31. The summed E-state index contributed by atoms with van der Waals surface area (Å²) in [7, 11) is 3.29. The number of thiazole rings is 1. The predicted octanol–water partition coefficient (Wildman–Crippen LogP) is 3.75. The summed E-state index contributed by atoms with van der Waals surface area (Å²) in [5, 5.41) is 9.57. The second-order valence-corrected chi connectivity index (χ2v) is 6.85. The van der Waals surface area contributed by atoms with Crippen LogP contribution in [0.4, 0.5) is 5.13 Å². The van der Waals surface area contributed by atoms with Gasteiger partial charge in [0.1, 0.15) is 11.5 Å². The van der Waals surface area contributed by atoms with Crippen molar-refractivity contribution in [1.29, 1.82) is 0 Å². The molecule has 6 nitrogen and oxygen atoms in total. The molecule has 140 valence electrons. The molecular weight excluding hydrogens is 380 g/mol. The lowest BCUT2D eigenvalue weighted by molar-refractivity contribution is 0.391. The van der Waals surface area contributed by atoms with E-state index in [1.807, 2.05) is 35.7 Å². The van der Waals surface area contributed by atoms with E-state index < -0.39 is 0 Å². The van der Waals surface area contributed by atoms with Gasteiger partial charge in [0.2, 0.25) is 0 Å². The van der Waals surface area contributed by atoms with Crippen LogP contribution in [-0.4, -0.2) is 35.8 Å². The third-order valence-corrected chi connectivity index (χ3v) is 4.86. The monoisotopic (exact) mass is 400 g/mol. The summed E-state index contributed by atoms with van der Waals surface area (Å²) in [6.45, 7) is 0.676. The first-order valence-corrected chi connectivity index (χ1v) is 9.60. The van der Waals surface area contributed by atoms with Gasteiger partial charge in [-0.25, -0.2) is 4.98 Å². The minimum Gasteiger partial charge on any atom is -0.497 e. The van der Waals surface area contributed by atoms with E-state index in [4.69, 9.17) is 21.7 Å². The van der Waals surface area contributed by atoms with E-state index in [1.54, 1.807) is 26.6 Å². The fraction of sp³-hybridized carbons (Fsp3) is 0.211. The fourth-order valence-corrected chi connectivity index (χ4v) is 3.48. The van der Waals surface area contributed by atoms with E-state index in [9.17, 15) is 0 Å². The van der Waals surface area contributed by atoms with E-state index >= 15 is 0 Å². The maximum atomic E-state index is 5.42. The highest BCUT2D eigenvalue weighted by Gasteiger charge is 2.08. The van der Waals surface area contributed by atoms with Gasteiger partial charge in [0, 0.05) is 35.9 Å². The lowest BCUT2D eigenvalue weighted by atomic mass is 10.1. The van der Waals surface area contributed by atoms with Crippen LogP contribution in [0.25, 0.3) is 11.3 Å². The van der Waals surface area contributed by atoms with E-state index in [1.165, 1.54) is 11.3 Å². The molecule has 2 heterocycles. The van der Waals surface area contributed by atoms with Crippen molar-refractivity contribution in [2.75, 3.05) is 26.1 Å². The number of ether oxygens (including phenoxy) is 2. The molecule has 3 rings (SSSR count). The number of nitrogens with zero attached hydrogens (tertiary/aromatic N) is 2. The molecule has 0 atom stereocenters. The summed E-state index contributed by atoms with van der Waals surface area (Å²) < 4.78 is 10.6. The van der Waals surface area contributed by atoms with Crippen molar-refractivity contribution in [2.45, 2.75) is 6.42 Å². The molecular formula is C19H20N4O2S2. The summed E-state index contributed by atoms with van der Waals surface area (Å²) >= 11 is 6.86. The van der Waals surface area contributed by atoms with Gasteiger partial charge in [-0.1, -0.05) is 6.07 Å². The Morgan fingerprint density at radius 3 is 2.85 bits per heavy atom. The second kappa shape index (κ2) is 9.29. The van der Waals surface area contributed by atoms with E-state index in [0.717, 1.165) is 39.9 Å². The van der Waals surface area contributed by atoms with Gasteiger partial charge in [-0.3, -0.25) is 4.98 Å². The van der Waals surface area contributed by atoms with Gasteiger partial charge in [0.15, 0.2) is 10.2 Å². The zero-order valence-corrected chi connectivity index (χ0v) is 16.7. The molecule has 0 unspecified atom stereocenters. The van der Waals surface area contributed by atoms with Crippen LogP contribution in [0.5, 0.6) is 11.5 Å². The van der Waals surface area contributed by atoms with Crippen molar-refractivity contribution < 1.29 is 9.47 Å². The predicted molar refractivity (Wildman–Crippen MR) is 113 cm³/mol. The maximum absolute atomic E-state index is 5.42. The van der Waals surface area contributed by atoms with Crippen molar-refractivity contribution >= 4 is 33.8 Å². The SMILES string of the molecule is COc1ccc(CCNC(=S)Nc2nc(-c3cccnc3)cs2)c(OC)c1. The van der Waals surface area contributed by atoms with Crippen LogP contribution < -0.4 is 20.1 Å². The Labute approximate surface area is 167 Å². The molecule has 2 N–H and O–H groups in total. The summed E-state index contributed by atoms with van der Waals surface area (Å²) in [4.78, 5) is 8.65. The smallest absolute Gasteiger partial charge is 0.189 e. The van der Waals surface area contributed by atoms with Gasteiger partial charge in [0.25, 0.3) is 0 Å². The Balaban J connectivity index is 1.51. The topological polar surface area (TPSA) is 68.3 Å². The van der Waals surface area contributed by atoms with Gasteiger partial charge < -0.3 is 20.1 Å². The van der Waals surface area contributed by atoms with Crippen LogP contribution in [0, 0.1) is 0 Å². The number of hydrogen-bond donors (Lipinski definition) is 2. The number of benzene rings is 1. The first kappa shape index (κ1) is 19.1. The number of anilines is 1. The van der Waals surface area contributed by atoms with Crippen LogP contribution in [-0.2, 0) is 6.42 Å². The molecule has 0 saturated heterocycles. The van der Waals surface area contributed by atoms with E-state index in [2.05, 4.69) is 20.6 Å². The van der Waals surface area contributed by atoms with Gasteiger partial charge in [0.05, 0.1) is 19.9 Å². The molecule has 1 aromatic carbocycles. The number of hydrogen-bond acceptors (Lipinski definition) is 6. The number of pyridine rings is 1. The van der Waals surface area contributed by atoms with Crippen LogP contribution in [0.3, 0.4) is 0 Å². The van der Waals surface area contributed by atoms with Crippen LogP contribution in [0.2, 0.25) is 0 Å². The summed E-state index contributed by atoms with van der Waals surface area (Å²) in [6.07, 6.45) is 4.30.